The number of likely N-dealkylation sites (N-methyl/N-ethyl adjacent to an activating group) is 1. The quantitative estimate of drug-likeness (QED) is 0.815. The number of phenolic OH excluding ortho intramolecular Hbond substituents is 1. The van der Waals surface area contributed by atoms with Crippen LogP contribution in [-0.2, 0) is 11.8 Å². The zero-order chi connectivity index (χ0) is 17.7. The fourth-order valence-electron chi connectivity index (χ4n) is 5.19. The summed E-state index contributed by atoms with van der Waals surface area (Å²) in [5.74, 6) is 0.690. The van der Waals surface area contributed by atoms with E-state index in [0.717, 1.165) is 30.4 Å². The summed E-state index contributed by atoms with van der Waals surface area (Å²) in [5, 5.41) is 22.3. The van der Waals surface area contributed by atoms with E-state index in [1.54, 1.807) is 12.1 Å². The van der Waals surface area contributed by atoms with Crippen molar-refractivity contribution >= 4 is 0 Å². The van der Waals surface area contributed by atoms with Crippen LogP contribution in [0.1, 0.15) is 44.2 Å². The molecule has 1 aliphatic heterocycles. The molecule has 1 aromatic carbocycles. The first-order chi connectivity index (χ1) is 11.4. The third-order valence-electron chi connectivity index (χ3n) is 6.16. The normalized spacial score (nSPS) is 34.1. The molecule has 4 nitrogen and oxygen atoms in total. The van der Waals surface area contributed by atoms with Gasteiger partial charge in [0, 0.05) is 11.6 Å². The Bertz CT molecular complexity index is 657. The van der Waals surface area contributed by atoms with Crippen molar-refractivity contribution in [3.63, 3.8) is 0 Å². The highest BCUT2D eigenvalue weighted by Gasteiger charge is 2.65. The molecule has 4 heteroatoms. The van der Waals surface area contributed by atoms with Crippen molar-refractivity contribution in [2.24, 2.45) is 0 Å². The number of aromatic hydroxyl groups is 1. The smallest absolute Gasteiger partial charge is 0.166 e. The predicted molar refractivity (Wildman–Crippen MR) is 95.7 cm³/mol. The lowest BCUT2D eigenvalue weighted by Crippen LogP contribution is -2.68. The van der Waals surface area contributed by atoms with Gasteiger partial charge in [0.25, 0.3) is 0 Å². The van der Waals surface area contributed by atoms with Crippen molar-refractivity contribution in [2.75, 3.05) is 14.1 Å². The summed E-state index contributed by atoms with van der Waals surface area (Å²) in [6.45, 7) is 8.14. The molecule has 2 N–H and O–H groups in total. The second-order valence-electron chi connectivity index (χ2n) is 7.40. The molecule has 0 radical (unpaired) electrons. The van der Waals surface area contributed by atoms with Crippen LogP contribution in [-0.4, -0.2) is 47.0 Å². The Morgan fingerprint density at radius 2 is 2.08 bits per heavy atom. The van der Waals surface area contributed by atoms with E-state index in [1.807, 2.05) is 27.1 Å². The summed E-state index contributed by atoms with van der Waals surface area (Å²) >= 11 is 0. The van der Waals surface area contributed by atoms with E-state index in [-0.39, 0.29) is 17.9 Å². The second kappa shape index (κ2) is 5.78. The van der Waals surface area contributed by atoms with Gasteiger partial charge in [-0.2, -0.15) is 0 Å². The Hall–Kier alpha value is -1.52. The molecule has 4 atom stereocenters. The number of hydrogen-bond acceptors (Lipinski definition) is 4. The molecule has 0 amide bonds. The average molecular weight is 331 g/mol. The van der Waals surface area contributed by atoms with E-state index in [4.69, 9.17) is 4.74 Å². The Kier molecular flexibility index (Phi) is 4.17. The van der Waals surface area contributed by atoms with Gasteiger partial charge in [-0.05, 0) is 45.0 Å². The fraction of sp³-hybridized carbons (Fsp3) is 0.600. The van der Waals surface area contributed by atoms with Crippen molar-refractivity contribution in [2.45, 2.75) is 62.7 Å². The van der Waals surface area contributed by atoms with Gasteiger partial charge in [0.05, 0.1) is 11.0 Å². The predicted octanol–water partition coefficient (Wildman–Crippen LogP) is 3.00. The van der Waals surface area contributed by atoms with Crippen LogP contribution in [0.2, 0.25) is 0 Å². The molecule has 24 heavy (non-hydrogen) atoms. The van der Waals surface area contributed by atoms with E-state index in [1.165, 1.54) is 0 Å². The zero-order valence-corrected chi connectivity index (χ0v) is 15.2. The molecule has 2 aliphatic rings. The van der Waals surface area contributed by atoms with E-state index < -0.39 is 11.0 Å². The van der Waals surface area contributed by atoms with E-state index in [2.05, 4.69) is 18.4 Å². The minimum Gasteiger partial charge on any atom is -0.504 e. The molecule has 0 bridgehead atoms. The standard InChI is InChI=1S/C20H29NO3/c1-6-11-19-16(7-2)24-18-14(22)10-9-13(17(18)19)12-15(21(4)5)20(19,23)8-3/h7,9-10,15-16,22-23H,2,6,8,11-12H2,1,3-5H3/t15?,16?,19-,20?/m0/s1. The highest BCUT2D eigenvalue weighted by atomic mass is 16.5. The summed E-state index contributed by atoms with van der Waals surface area (Å²) in [6, 6.07) is 3.68. The van der Waals surface area contributed by atoms with E-state index in [0.29, 0.717) is 12.2 Å². The number of ether oxygens (including phenoxy) is 1. The molecule has 0 saturated heterocycles. The molecular formula is C20H29NO3. The highest BCUT2D eigenvalue weighted by molar-refractivity contribution is 5.61. The highest BCUT2D eigenvalue weighted by Crippen LogP contribution is 2.61. The molecule has 1 aliphatic carbocycles. The Morgan fingerprint density at radius 1 is 1.38 bits per heavy atom. The fourth-order valence-corrected chi connectivity index (χ4v) is 5.19. The van der Waals surface area contributed by atoms with E-state index in [9.17, 15) is 10.2 Å². The molecule has 1 aromatic rings. The number of phenols is 1. The summed E-state index contributed by atoms with van der Waals surface area (Å²) < 4.78 is 6.15. The first-order valence-corrected chi connectivity index (χ1v) is 8.90. The van der Waals surface area contributed by atoms with Gasteiger partial charge in [-0.15, -0.1) is 0 Å². The van der Waals surface area contributed by atoms with Crippen LogP contribution >= 0.6 is 0 Å². The van der Waals surface area contributed by atoms with E-state index >= 15 is 0 Å². The van der Waals surface area contributed by atoms with Gasteiger partial charge >= 0.3 is 0 Å². The van der Waals surface area contributed by atoms with Crippen LogP contribution in [0.25, 0.3) is 0 Å². The zero-order valence-electron chi connectivity index (χ0n) is 15.2. The Morgan fingerprint density at radius 3 is 2.62 bits per heavy atom. The average Bonchev–Trinajstić information content (AvgIpc) is 2.90. The summed E-state index contributed by atoms with van der Waals surface area (Å²) in [5.41, 5.74) is 0.640. The molecule has 0 spiro atoms. The third kappa shape index (κ3) is 1.93. The number of aliphatic hydroxyl groups is 1. The Labute approximate surface area is 144 Å². The van der Waals surface area contributed by atoms with Crippen LogP contribution in [0.4, 0.5) is 0 Å². The minimum absolute atomic E-state index is 0.0110. The van der Waals surface area contributed by atoms with Gasteiger partial charge < -0.3 is 19.8 Å². The van der Waals surface area contributed by atoms with Gasteiger partial charge in [-0.1, -0.05) is 39.0 Å². The van der Waals surface area contributed by atoms with Crippen molar-refractivity contribution in [1.82, 2.24) is 4.90 Å². The van der Waals surface area contributed by atoms with Gasteiger partial charge in [0.1, 0.15) is 6.10 Å². The summed E-state index contributed by atoms with van der Waals surface area (Å²) in [6.07, 6.45) is 4.54. The van der Waals surface area contributed by atoms with Crippen LogP contribution in [0.3, 0.4) is 0 Å². The number of rotatable bonds is 5. The monoisotopic (exact) mass is 331 g/mol. The van der Waals surface area contributed by atoms with Gasteiger partial charge in [-0.3, -0.25) is 0 Å². The SMILES string of the molecule is C=CC1Oc2c(O)ccc3c2[C@@]1(CCC)C(O)(CC)C(N(C)C)C3. The maximum Gasteiger partial charge on any atom is 0.166 e. The topological polar surface area (TPSA) is 52.9 Å². The first-order valence-electron chi connectivity index (χ1n) is 8.90. The lowest BCUT2D eigenvalue weighted by Gasteiger charge is -2.55. The Balaban J connectivity index is 2.37. The van der Waals surface area contributed by atoms with Gasteiger partial charge in [-0.25, -0.2) is 0 Å². The lowest BCUT2D eigenvalue weighted by molar-refractivity contribution is -0.124. The molecule has 1 heterocycles. The van der Waals surface area contributed by atoms with Crippen molar-refractivity contribution in [3.05, 3.63) is 35.9 Å². The summed E-state index contributed by atoms with van der Waals surface area (Å²) in [4.78, 5) is 2.12. The molecule has 0 aromatic heterocycles. The molecule has 132 valence electrons. The second-order valence-corrected chi connectivity index (χ2v) is 7.40. The largest absolute Gasteiger partial charge is 0.504 e. The van der Waals surface area contributed by atoms with Gasteiger partial charge in [0.2, 0.25) is 0 Å². The van der Waals surface area contributed by atoms with Crippen LogP contribution in [0.5, 0.6) is 11.5 Å². The molecular weight excluding hydrogens is 302 g/mol. The van der Waals surface area contributed by atoms with Crippen LogP contribution in [0, 0.1) is 0 Å². The number of benzene rings is 1. The van der Waals surface area contributed by atoms with Crippen molar-refractivity contribution < 1.29 is 14.9 Å². The maximum absolute atomic E-state index is 12.0. The number of hydrogen-bond donors (Lipinski definition) is 2. The molecule has 0 saturated carbocycles. The molecule has 0 fully saturated rings. The third-order valence-corrected chi connectivity index (χ3v) is 6.16. The molecule has 3 unspecified atom stereocenters. The molecule has 3 rings (SSSR count). The van der Waals surface area contributed by atoms with Gasteiger partial charge in [0.15, 0.2) is 11.5 Å². The first kappa shape index (κ1) is 17.3. The minimum atomic E-state index is -0.947. The van der Waals surface area contributed by atoms with Crippen LogP contribution in [0.15, 0.2) is 24.8 Å². The van der Waals surface area contributed by atoms with Crippen molar-refractivity contribution in [3.8, 4) is 11.5 Å². The lowest BCUT2D eigenvalue weighted by atomic mass is 9.53. The number of nitrogens with zero attached hydrogens (tertiary/aromatic N) is 1. The maximum atomic E-state index is 12.0. The van der Waals surface area contributed by atoms with Crippen LogP contribution < -0.4 is 4.74 Å². The summed E-state index contributed by atoms with van der Waals surface area (Å²) in [7, 11) is 4.05. The van der Waals surface area contributed by atoms with Crippen molar-refractivity contribution in [1.29, 1.82) is 0 Å².